The molecule has 2 amide bonds. The van der Waals surface area contributed by atoms with Gasteiger partial charge in [0.25, 0.3) is 11.5 Å². The maximum atomic E-state index is 12.6. The molecule has 1 N–H and O–H groups in total. The zero-order valence-corrected chi connectivity index (χ0v) is 15.6. The fourth-order valence-corrected chi connectivity index (χ4v) is 2.86. The third-order valence-corrected chi connectivity index (χ3v) is 4.51. The van der Waals surface area contributed by atoms with Gasteiger partial charge in [-0.1, -0.05) is 6.07 Å². The molecule has 8 nitrogen and oxygen atoms in total. The smallest absolute Gasteiger partial charge is 0.274 e. The lowest BCUT2D eigenvalue weighted by Crippen LogP contribution is -2.41. The Kier molecular flexibility index (Phi) is 7.49. The molecule has 0 saturated heterocycles. The van der Waals surface area contributed by atoms with Crippen LogP contribution in [0.5, 0.6) is 0 Å². The molecule has 2 aromatic rings. The summed E-state index contributed by atoms with van der Waals surface area (Å²) in [6.07, 6.45) is 0. The fourth-order valence-electron chi connectivity index (χ4n) is 2.22. The van der Waals surface area contributed by atoms with E-state index in [-0.39, 0.29) is 30.2 Å². The van der Waals surface area contributed by atoms with Gasteiger partial charge in [0, 0.05) is 24.6 Å². The largest absolute Gasteiger partial charge is 0.383 e. The lowest BCUT2D eigenvalue weighted by atomic mass is 10.3. The minimum absolute atomic E-state index is 0.0699. The van der Waals surface area contributed by atoms with Gasteiger partial charge in [-0.05, 0) is 24.4 Å². The molecule has 0 saturated carbocycles. The van der Waals surface area contributed by atoms with Crippen molar-refractivity contribution in [2.45, 2.75) is 20.0 Å². The number of likely N-dealkylation sites (N-methyl/N-ethyl adjacent to an activating group) is 1. The Balaban J connectivity index is 2.00. The van der Waals surface area contributed by atoms with Crippen molar-refractivity contribution in [2.24, 2.45) is 0 Å². The number of carbonyl (C=O) groups is 2. The van der Waals surface area contributed by atoms with Crippen molar-refractivity contribution in [1.82, 2.24) is 20.0 Å². The van der Waals surface area contributed by atoms with Crippen LogP contribution in [0.1, 0.15) is 22.3 Å². The van der Waals surface area contributed by atoms with E-state index in [0.717, 1.165) is 4.88 Å². The van der Waals surface area contributed by atoms with Gasteiger partial charge >= 0.3 is 0 Å². The molecule has 2 rings (SSSR count). The van der Waals surface area contributed by atoms with Crippen LogP contribution >= 0.6 is 11.3 Å². The summed E-state index contributed by atoms with van der Waals surface area (Å²) >= 11 is 1.55. The summed E-state index contributed by atoms with van der Waals surface area (Å²) in [5, 5.41) is 8.80. The SMILES string of the molecule is CCN(CC(=O)NCc1cccs1)C(=O)c1ccc(=O)n(CCOC)n1. The van der Waals surface area contributed by atoms with Gasteiger partial charge in [-0.15, -0.1) is 11.3 Å². The molecule has 0 atom stereocenters. The molecule has 0 fully saturated rings. The molecule has 0 radical (unpaired) electrons. The van der Waals surface area contributed by atoms with E-state index in [2.05, 4.69) is 10.4 Å². The third-order valence-electron chi connectivity index (χ3n) is 3.64. The first-order valence-corrected chi connectivity index (χ1v) is 9.08. The topological polar surface area (TPSA) is 93.5 Å². The van der Waals surface area contributed by atoms with Gasteiger partial charge in [-0.2, -0.15) is 5.10 Å². The molecule has 26 heavy (non-hydrogen) atoms. The van der Waals surface area contributed by atoms with Crippen molar-refractivity contribution in [3.8, 4) is 0 Å². The predicted molar refractivity (Wildman–Crippen MR) is 98.1 cm³/mol. The van der Waals surface area contributed by atoms with Crippen LogP contribution in [0.4, 0.5) is 0 Å². The van der Waals surface area contributed by atoms with Crippen molar-refractivity contribution in [3.63, 3.8) is 0 Å². The zero-order valence-electron chi connectivity index (χ0n) is 14.8. The van der Waals surface area contributed by atoms with Crippen molar-refractivity contribution in [3.05, 3.63) is 50.6 Å². The van der Waals surface area contributed by atoms with Crippen LogP contribution < -0.4 is 10.9 Å². The van der Waals surface area contributed by atoms with Crippen LogP contribution in [-0.2, 0) is 22.6 Å². The molecule has 140 valence electrons. The summed E-state index contributed by atoms with van der Waals surface area (Å²) in [6.45, 7) is 3.06. The summed E-state index contributed by atoms with van der Waals surface area (Å²) in [4.78, 5) is 38.9. The molecule has 0 aliphatic heterocycles. The number of aromatic nitrogens is 2. The normalized spacial score (nSPS) is 10.5. The van der Waals surface area contributed by atoms with Gasteiger partial charge in [0.2, 0.25) is 5.91 Å². The third kappa shape index (κ3) is 5.50. The highest BCUT2D eigenvalue weighted by molar-refractivity contribution is 7.09. The Labute approximate surface area is 155 Å². The molecule has 9 heteroatoms. The number of rotatable bonds is 9. The Bertz CT molecular complexity index is 788. The molecule has 2 heterocycles. The molecule has 0 unspecified atom stereocenters. The van der Waals surface area contributed by atoms with E-state index < -0.39 is 5.91 Å². The highest BCUT2D eigenvalue weighted by Crippen LogP contribution is 2.07. The van der Waals surface area contributed by atoms with Gasteiger partial charge in [0.15, 0.2) is 0 Å². The molecular formula is C17H22N4O4S. The maximum Gasteiger partial charge on any atom is 0.274 e. The Morgan fingerprint density at radius 3 is 2.81 bits per heavy atom. The minimum Gasteiger partial charge on any atom is -0.383 e. The quantitative estimate of drug-likeness (QED) is 0.694. The van der Waals surface area contributed by atoms with Gasteiger partial charge in [-0.3, -0.25) is 14.4 Å². The van der Waals surface area contributed by atoms with E-state index >= 15 is 0 Å². The van der Waals surface area contributed by atoms with Crippen molar-refractivity contribution in [2.75, 3.05) is 26.8 Å². The van der Waals surface area contributed by atoms with Gasteiger partial charge < -0.3 is 15.0 Å². The molecule has 0 aliphatic carbocycles. The number of amides is 2. The van der Waals surface area contributed by atoms with E-state index in [1.54, 1.807) is 18.3 Å². The number of hydrogen-bond donors (Lipinski definition) is 1. The fraction of sp³-hybridized carbons (Fsp3) is 0.412. The average Bonchev–Trinajstić information content (AvgIpc) is 3.17. The summed E-state index contributed by atoms with van der Waals surface area (Å²) < 4.78 is 6.11. The first kappa shape index (κ1) is 19.8. The highest BCUT2D eigenvalue weighted by atomic mass is 32.1. The Morgan fingerprint density at radius 1 is 1.35 bits per heavy atom. The second-order valence-electron chi connectivity index (χ2n) is 5.45. The monoisotopic (exact) mass is 378 g/mol. The number of hydrogen-bond acceptors (Lipinski definition) is 6. The highest BCUT2D eigenvalue weighted by Gasteiger charge is 2.19. The summed E-state index contributed by atoms with van der Waals surface area (Å²) in [5.74, 6) is -0.647. The first-order valence-electron chi connectivity index (χ1n) is 8.20. The molecule has 0 spiro atoms. The summed E-state index contributed by atoms with van der Waals surface area (Å²) in [5.41, 5.74) is -0.191. The second-order valence-corrected chi connectivity index (χ2v) is 6.48. The summed E-state index contributed by atoms with van der Waals surface area (Å²) in [6, 6.07) is 6.51. The number of methoxy groups -OCH3 is 1. The van der Waals surface area contributed by atoms with Gasteiger partial charge in [0.1, 0.15) is 5.69 Å². The van der Waals surface area contributed by atoms with Crippen LogP contribution in [0, 0.1) is 0 Å². The maximum absolute atomic E-state index is 12.6. The van der Waals surface area contributed by atoms with Crippen molar-refractivity contribution in [1.29, 1.82) is 0 Å². The van der Waals surface area contributed by atoms with Crippen molar-refractivity contribution >= 4 is 23.2 Å². The van der Waals surface area contributed by atoms with Crippen molar-refractivity contribution < 1.29 is 14.3 Å². The minimum atomic E-state index is -0.398. The molecule has 0 aromatic carbocycles. The van der Waals surface area contributed by atoms with E-state index in [1.165, 1.54) is 28.8 Å². The van der Waals surface area contributed by atoms with Crippen LogP contribution in [0.3, 0.4) is 0 Å². The first-order chi connectivity index (χ1) is 12.5. The van der Waals surface area contributed by atoms with E-state index in [0.29, 0.717) is 19.7 Å². The number of carbonyl (C=O) groups excluding carboxylic acids is 2. The van der Waals surface area contributed by atoms with E-state index in [9.17, 15) is 14.4 Å². The zero-order chi connectivity index (χ0) is 18.9. The molecule has 0 bridgehead atoms. The van der Waals surface area contributed by atoms with Crippen LogP contribution in [0.15, 0.2) is 34.4 Å². The number of ether oxygens (including phenoxy) is 1. The lowest BCUT2D eigenvalue weighted by molar-refractivity contribution is -0.121. The standard InChI is InChI=1S/C17H22N4O4S/c1-3-20(12-15(22)18-11-13-5-4-10-26-13)17(24)14-6-7-16(23)21(19-14)8-9-25-2/h4-7,10H,3,8-9,11-12H2,1-2H3,(H,18,22). The lowest BCUT2D eigenvalue weighted by Gasteiger charge is -2.20. The van der Waals surface area contributed by atoms with Crippen LogP contribution in [0.2, 0.25) is 0 Å². The number of nitrogens with one attached hydrogen (secondary N) is 1. The molecule has 0 aliphatic rings. The Morgan fingerprint density at radius 2 is 2.15 bits per heavy atom. The van der Waals surface area contributed by atoms with Crippen LogP contribution in [0.25, 0.3) is 0 Å². The van der Waals surface area contributed by atoms with Gasteiger partial charge in [-0.25, -0.2) is 4.68 Å². The predicted octanol–water partition coefficient (Wildman–Crippen LogP) is 0.730. The summed E-state index contributed by atoms with van der Waals surface area (Å²) in [7, 11) is 1.52. The van der Waals surface area contributed by atoms with E-state index in [1.807, 2.05) is 17.5 Å². The number of nitrogens with zero attached hydrogens (tertiary/aromatic N) is 3. The average molecular weight is 378 g/mol. The Hall–Kier alpha value is -2.52. The number of thiophene rings is 1. The van der Waals surface area contributed by atoms with E-state index in [4.69, 9.17) is 4.74 Å². The second kappa shape index (κ2) is 9.83. The van der Waals surface area contributed by atoms with Crippen LogP contribution in [-0.4, -0.2) is 53.3 Å². The molecular weight excluding hydrogens is 356 g/mol. The van der Waals surface area contributed by atoms with Gasteiger partial charge in [0.05, 0.1) is 26.2 Å². The molecule has 2 aromatic heterocycles.